The summed E-state index contributed by atoms with van der Waals surface area (Å²) in [6.45, 7) is 2.49. The Kier molecular flexibility index (Phi) is 6.58. The normalized spacial score (nSPS) is 11.5. The number of carbonyl (C=O) groups is 2. The van der Waals surface area contributed by atoms with Crippen LogP contribution >= 0.6 is 0 Å². The maximum Gasteiger partial charge on any atom is 0.251 e. The van der Waals surface area contributed by atoms with Crippen LogP contribution in [0.15, 0.2) is 84.9 Å². The Labute approximate surface area is 165 Å². The predicted molar refractivity (Wildman–Crippen MR) is 111 cm³/mol. The third-order valence-electron chi connectivity index (χ3n) is 4.67. The highest BCUT2D eigenvalue weighted by Crippen LogP contribution is 2.18. The molecule has 0 spiro atoms. The molecule has 3 aromatic rings. The third-order valence-corrected chi connectivity index (χ3v) is 4.67. The number of aryl methyl sites for hydroxylation is 1. The van der Waals surface area contributed by atoms with E-state index in [0.29, 0.717) is 12.1 Å². The smallest absolute Gasteiger partial charge is 0.251 e. The van der Waals surface area contributed by atoms with E-state index in [2.05, 4.69) is 10.6 Å². The Hall–Kier alpha value is -3.40. The first kappa shape index (κ1) is 19.4. The number of carbonyl (C=O) groups excluding carboxylic acids is 2. The van der Waals surface area contributed by atoms with Gasteiger partial charge < -0.3 is 10.6 Å². The van der Waals surface area contributed by atoms with Crippen LogP contribution in [-0.2, 0) is 11.3 Å². The summed E-state index contributed by atoms with van der Waals surface area (Å²) in [6.07, 6.45) is 0.175. The maximum atomic E-state index is 12.6. The fourth-order valence-electron chi connectivity index (χ4n) is 3.03. The van der Waals surface area contributed by atoms with Crippen LogP contribution in [0, 0.1) is 6.92 Å². The fourth-order valence-corrected chi connectivity index (χ4v) is 3.03. The largest absolute Gasteiger partial charge is 0.352 e. The Balaban J connectivity index is 1.68. The van der Waals surface area contributed by atoms with Gasteiger partial charge in [-0.3, -0.25) is 9.59 Å². The second-order valence-corrected chi connectivity index (χ2v) is 6.71. The van der Waals surface area contributed by atoms with E-state index in [9.17, 15) is 9.59 Å². The molecule has 4 nitrogen and oxygen atoms in total. The molecule has 2 amide bonds. The molecule has 0 heterocycles. The molecule has 0 saturated heterocycles. The molecular weight excluding hydrogens is 348 g/mol. The topological polar surface area (TPSA) is 58.2 Å². The highest BCUT2D eigenvalue weighted by Gasteiger charge is 2.19. The summed E-state index contributed by atoms with van der Waals surface area (Å²) in [5.74, 6) is -0.299. The van der Waals surface area contributed by atoms with Crippen LogP contribution < -0.4 is 10.6 Å². The van der Waals surface area contributed by atoms with Gasteiger partial charge in [-0.2, -0.15) is 0 Å². The van der Waals surface area contributed by atoms with Crippen LogP contribution in [0.4, 0.5) is 0 Å². The van der Waals surface area contributed by atoms with Gasteiger partial charge >= 0.3 is 0 Å². The maximum absolute atomic E-state index is 12.6. The summed E-state index contributed by atoms with van der Waals surface area (Å²) in [6, 6.07) is 26.2. The minimum absolute atomic E-state index is 0.106. The molecule has 0 aliphatic rings. The van der Waals surface area contributed by atoms with Gasteiger partial charge in [0.15, 0.2) is 0 Å². The zero-order valence-electron chi connectivity index (χ0n) is 15.9. The van der Waals surface area contributed by atoms with E-state index < -0.39 is 6.04 Å². The van der Waals surface area contributed by atoms with E-state index in [-0.39, 0.29) is 18.2 Å². The van der Waals surface area contributed by atoms with Crippen LogP contribution in [0.1, 0.15) is 39.5 Å². The second-order valence-electron chi connectivity index (χ2n) is 6.71. The van der Waals surface area contributed by atoms with Crippen molar-refractivity contribution in [2.75, 3.05) is 0 Å². The molecule has 0 saturated carbocycles. The molecule has 1 atom stereocenters. The molecule has 0 aliphatic carbocycles. The van der Waals surface area contributed by atoms with Crippen molar-refractivity contribution in [3.05, 3.63) is 107 Å². The van der Waals surface area contributed by atoms with Gasteiger partial charge in [0.2, 0.25) is 5.91 Å². The quantitative estimate of drug-likeness (QED) is 0.654. The lowest BCUT2D eigenvalue weighted by Crippen LogP contribution is -2.33. The number of nitrogens with one attached hydrogen (secondary N) is 2. The van der Waals surface area contributed by atoms with Crippen molar-refractivity contribution < 1.29 is 9.59 Å². The number of rotatable bonds is 7. The average molecular weight is 372 g/mol. The monoisotopic (exact) mass is 372 g/mol. The van der Waals surface area contributed by atoms with E-state index in [1.807, 2.05) is 79.7 Å². The van der Waals surface area contributed by atoms with Gasteiger partial charge in [0.1, 0.15) is 0 Å². The molecule has 0 bridgehead atoms. The number of benzene rings is 3. The van der Waals surface area contributed by atoms with Crippen LogP contribution in [0.25, 0.3) is 0 Å². The van der Waals surface area contributed by atoms with Crippen LogP contribution in [-0.4, -0.2) is 11.8 Å². The number of amides is 2. The van der Waals surface area contributed by atoms with Crippen molar-refractivity contribution in [2.24, 2.45) is 0 Å². The SMILES string of the molecule is Cc1ccccc1CNC(=O)C[C@H](NC(=O)c1ccccc1)c1ccccc1. The molecule has 0 fully saturated rings. The summed E-state index contributed by atoms with van der Waals surface area (Å²) in [7, 11) is 0. The fraction of sp³-hybridized carbons (Fsp3) is 0.167. The molecule has 2 N–H and O–H groups in total. The van der Waals surface area contributed by atoms with Gasteiger partial charge in [-0.1, -0.05) is 72.8 Å². The molecule has 0 aromatic heterocycles. The third kappa shape index (κ3) is 5.30. The van der Waals surface area contributed by atoms with Crippen LogP contribution in [0.5, 0.6) is 0 Å². The van der Waals surface area contributed by atoms with E-state index >= 15 is 0 Å². The van der Waals surface area contributed by atoms with Crippen molar-refractivity contribution in [3.63, 3.8) is 0 Å². The first-order valence-corrected chi connectivity index (χ1v) is 9.35. The molecule has 4 heteroatoms. The van der Waals surface area contributed by atoms with Gasteiger partial charge in [0.05, 0.1) is 12.5 Å². The average Bonchev–Trinajstić information content (AvgIpc) is 2.74. The van der Waals surface area contributed by atoms with Crippen LogP contribution in [0.3, 0.4) is 0 Å². The molecule has 0 unspecified atom stereocenters. The van der Waals surface area contributed by atoms with E-state index in [0.717, 1.165) is 16.7 Å². The van der Waals surface area contributed by atoms with Crippen molar-refractivity contribution in [3.8, 4) is 0 Å². The van der Waals surface area contributed by atoms with Crippen molar-refractivity contribution >= 4 is 11.8 Å². The summed E-state index contributed by atoms with van der Waals surface area (Å²) in [4.78, 5) is 25.2. The van der Waals surface area contributed by atoms with Crippen molar-refractivity contribution in [1.29, 1.82) is 0 Å². The lowest BCUT2D eigenvalue weighted by Gasteiger charge is -2.19. The first-order valence-electron chi connectivity index (χ1n) is 9.35. The predicted octanol–water partition coefficient (Wildman–Crippen LogP) is 4.17. The Morgan fingerprint density at radius 1 is 0.821 bits per heavy atom. The highest BCUT2D eigenvalue weighted by molar-refractivity contribution is 5.94. The Bertz CT molecular complexity index is 924. The summed E-state index contributed by atoms with van der Waals surface area (Å²) >= 11 is 0. The van der Waals surface area contributed by atoms with Gasteiger partial charge in [-0.25, -0.2) is 0 Å². The first-order chi connectivity index (χ1) is 13.6. The summed E-state index contributed by atoms with van der Waals surface area (Å²) in [5, 5.41) is 5.95. The van der Waals surface area contributed by atoms with Gasteiger partial charge in [0.25, 0.3) is 5.91 Å². The van der Waals surface area contributed by atoms with E-state index in [4.69, 9.17) is 0 Å². The van der Waals surface area contributed by atoms with Gasteiger partial charge in [-0.05, 0) is 35.7 Å². The summed E-state index contributed by atoms with van der Waals surface area (Å²) in [5.41, 5.74) is 3.70. The minimum Gasteiger partial charge on any atom is -0.352 e. The highest BCUT2D eigenvalue weighted by atomic mass is 16.2. The Morgan fingerprint density at radius 3 is 2.11 bits per heavy atom. The lowest BCUT2D eigenvalue weighted by molar-refractivity contribution is -0.121. The van der Waals surface area contributed by atoms with E-state index in [1.165, 1.54) is 0 Å². The molecular formula is C24H24N2O2. The molecule has 28 heavy (non-hydrogen) atoms. The Morgan fingerprint density at radius 2 is 1.43 bits per heavy atom. The molecule has 0 radical (unpaired) electrons. The zero-order chi connectivity index (χ0) is 19.8. The van der Waals surface area contributed by atoms with Gasteiger partial charge in [0, 0.05) is 12.1 Å². The zero-order valence-corrected chi connectivity index (χ0v) is 15.9. The molecule has 142 valence electrons. The molecule has 0 aliphatic heterocycles. The standard InChI is InChI=1S/C24H24N2O2/c1-18-10-8-9-15-21(18)17-25-23(27)16-22(19-11-4-2-5-12-19)26-24(28)20-13-6-3-7-14-20/h2-15,22H,16-17H2,1H3,(H,25,27)(H,26,28)/t22-/m0/s1. The van der Waals surface area contributed by atoms with Gasteiger partial charge in [-0.15, -0.1) is 0 Å². The second kappa shape index (κ2) is 9.51. The van der Waals surface area contributed by atoms with E-state index in [1.54, 1.807) is 12.1 Å². The van der Waals surface area contributed by atoms with Crippen LogP contribution in [0.2, 0.25) is 0 Å². The number of hydrogen-bond donors (Lipinski definition) is 2. The molecule has 3 aromatic carbocycles. The summed E-state index contributed by atoms with van der Waals surface area (Å²) < 4.78 is 0. The molecule has 3 rings (SSSR count). The lowest BCUT2D eigenvalue weighted by atomic mass is 10.0. The minimum atomic E-state index is -0.397. The number of hydrogen-bond acceptors (Lipinski definition) is 2. The van der Waals surface area contributed by atoms with Crippen molar-refractivity contribution in [2.45, 2.75) is 25.9 Å². The van der Waals surface area contributed by atoms with Crippen molar-refractivity contribution in [1.82, 2.24) is 10.6 Å².